The molecule has 3 rings (SSSR count). The van der Waals surface area contributed by atoms with E-state index in [1.54, 1.807) is 18.3 Å². The minimum Gasteiger partial charge on any atom is -0.478 e. The predicted molar refractivity (Wildman–Crippen MR) is 84.1 cm³/mol. The first kappa shape index (κ1) is 15.6. The fraction of sp³-hybridized carbons (Fsp3) is 0.353. The second kappa shape index (κ2) is 6.85. The number of carbonyl (C=O) groups is 1. The third-order valence-corrected chi connectivity index (χ3v) is 3.89. The van der Waals surface area contributed by atoms with Crippen molar-refractivity contribution in [1.29, 1.82) is 0 Å². The Morgan fingerprint density at radius 3 is 2.83 bits per heavy atom. The van der Waals surface area contributed by atoms with Gasteiger partial charge in [-0.1, -0.05) is 12.1 Å². The fourth-order valence-electron chi connectivity index (χ4n) is 2.69. The number of morpholine rings is 1. The molecule has 0 amide bonds. The maximum atomic E-state index is 10.9. The predicted octanol–water partition coefficient (Wildman–Crippen LogP) is 2.06. The SMILES string of the molecule is Cc1nccc([C@H]2CN(Cc3ccc(C(=O)O)cc3)CCO2)n1. The van der Waals surface area contributed by atoms with Crippen LogP contribution in [0.5, 0.6) is 0 Å². The van der Waals surface area contributed by atoms with Gasteiger partial charge in [-0.15, -0.1) is 0 Å². The molecule has 1 saturated heterocycles. The summed E-state index contributed by atoms with van der Waals surface area (Å²) in [6.45, 7) is 4.90. The molecule has 0 radical (unpaired) electrons. The summed E-state index contributed by atoms with van der Waals surface area (Å²) in [6, 6.07) is 8.90. The highest BCUT2D eigenvalue weighted by molar-refractivity contribution is 5.87. The summed E-state index contributed by atoms with van der Waals surface area (Å²) in [5.41, 5.74) is 2.31. The maximum absolute atomic E-state index is 10.9. The molecule has 1 N–H and O–H groups in total. The van der Waals surface area contributed by atoms with Crippen LogP contribution in [-0.2, 0) is 11.3 Å². The zero-order valence-electron chi connectivity index (χ0n) is 13.0. The lowest BCUT2D eigenvalue weighted by Gasteiger charge is -2.32. The van der Waals surface area contributed by atoms with Crippen LogP contribution >= 0.6 is 0 Å². The highest BCUT2D eigenvalue weighted by atomic mass is 16.5. The Labute approximate surface area is 134 Å². The second-order valence-corrected chi connectivity index (χ2v) is 5.63. The zero-order chi connectivity index (χ0) is 16.2. The van der Waals surface area contributed by atoms with Gasteiger partial charge in [-0.05, 0) is 30.7 Å². The van der Waals surface area contributed by atoms with Crippen LogP contribution in [0.2, 0.25) is 0 Å². The highest BCUT2D eigenvalue weighted by Gasteiger charge is 2.23. The average molecular weight is 313 g/mol. The third kappa shape index (κ3) is 3.91. The minimum absolute atomic E-state index is 0.0521. The number of nitrogens with zero attached hydrogens (tertiary/aromatic N) is 3. The maximum Gasteiger partial charge on any atom is 0.335 e. The Bertz CT molecular complexity index is 688. The Hall–Kier alpha value is -2.31. The Balaban J connectivity index is 1.65. The van der Waals surface area contributed by atoms with Gasteiger partial charge in [-0.2, -0.15) is 0 Å². The van der Waals surface area contributed by atoms with Crippen LogP contribution < -0.4 is 0 Å². The van der Waals surface area contributed by atoms with E-state index in [4.69, 9.17) is 9.84 Å². The van der Waals surface area contributed by atoms with E-state index in [0.717, 1.165) is 36.7 Å². The molecule has 6 nitrogen and oxygen atoms in total. The molecule has 1 atom stereocenters. The second-order valence-electron chi connectivity index (χ2n) is 5.63. The van der Waals surface area contributed by atoms with Crippen molar-refractivity contribution in [3.05, 3.63) is 59.2 Å². The molecule has 2 heterocycles. The molecule has 6 heteroatoms. The topological polar surface area (TPSA) is 75.6 Å². The quantitative estimate of drug-likeness (QED) is 0.931. The lowest BCUT2D eigenvalue weighted by molar-refractivity contribution is -0.0351. The largest absolute Gasteiger partial charge is 0.478 e. The molecule has 23 heavy (non-hydrogen) atoms. The molecule has 0 saturated carbocycles. The van der Waals surface area contributed by atoms with Crippen molar-refractivity contribution in [1.82, 2.24) is 14.9 Å². The number of aromatic carboxylic acids is 1. The Kier molecular flexibility index (Phi) is 4.64. The summed E-state index contributed by atoms with van der Waals surface area (Å²) in [7, 11) is 0. The summed E-state index contributed by atoms with van der Waals surface area (Å²) in [5.74, 6) is -0.158. The van der Waals surface area contributed by atoms with Gasteiger partial charge in [0.05, 0.1) is 17.9 Å². The Morgan fingerprint density at radius 1 is 1.35 bits per heavy atom. The molecule has 1 aliphatic heterocycles. The number of hydrogen-bond donors (Lipinski definition) is 1. The summed E-state index contributed by atoms with van der Waals surface area (Å²) in [5, 5.41) is 8.94. The van der Waals surface area contributed by atoms with Gasteiger partial charge in [-0.25, -0.2) is 14.8 Å². The summed E-state index contributed by atoms with van der Waals surface area (Å²) in [6.07, 6.45) is 1.70. The smallest absolute Gasteiger partial charge is 0.335 e. The standard InChI is InChI=1S/C17H19N3O3/c1-12-18-7-6-15(19-12)16-11-20(8-9-23-16)10-13-2-4-14(5-3-13)17(21)22/h2-7,16H,8-11H2,1H3,(H,21,22)/t16-/m1/s1. The fourth-order valence-corrected chi connectivity index (χ4v) is 2.69. The van der Waals surface area contributed by atoms with E-state index in [-0.39, 0.29) is 6.10 Å². The number of ether oxygens (including phenoxy) is 1. The number of rotatable bonds is 4. The number of carboxylic acid groups (broad SMARTS) is 1. The minimum atomic E-state index is -0.901. The van der Waals surface area contributed by atoms with Crippen LogP contribution in [0.3, 0.4) is 0 Å². The van der Waals surface area contributed by atoms with Gasteiger partial charge in [0.25, 0.3) is 0 Å². The first-order chi connectivity index (χ1) is 11.1. The molecule has 2 aromatic rings. The van der Waals surface area contributed by atoms with Crippen molar-refractivity contribution in [3.63, 3.8) is 0 Å². The van der Waals surface area contributed by atoms with Crippen molar-refractivity contribution < 1.29 is 14.6 Å². The molecule has 0 unspecified atom stereocenters. The number of hydrogen-bond acceptors (Lipinski definition) is 5. The van der Waals surface area contributed by atoms with Gasteiger partial charge < -0.3 is 9.84 Å². The van der Waals surface area contributed by atoms with E-state index < -0.39 is 5.97 Å². The molecule has 0 bridgehead atoms. The van der Waals surface area contributed by atoms with Gasteiger partial charge in [0, 0.05) is 25.8 Å². The van der Waals surface area contributed by atoms with Crippen LogP contribution in [0.25, 0.3) is 0 Å². The van der Waals surface area contributed by atoms with Crippen molar-refractivity contribution >= 4 is 5.97 Å². The monoisotopic (exact) mass is 313 g/mol. The average Bonchev–Trinajstić information content (AvgIpc) is 2.56. The summed E-state index contributed by atoms with van der Waals surface area (Å²) in [4.78, 5) is 21.7. The lowest BCUT2D eigenvalue weighted by Crippen LogP contribution is -2.38. The van der Waals surface area contributed by atoms with Gasteiger partial charge in [0.2, 0.25) is 0 Å². The Morgan fingerprint density at radius 2 is 2.13 bits per heavy atom. The molecule has 0 aliphatic carbocycles. The van der Waals surface area contributed by atoms with Crippen LogP contribution in [-0.4, -0.2) is 45.6 Å². The summed E-state index contributed by atoms with van der Waals surface area (Å²) >= 11 is 0. The van der Waals surface area contributed by atoms with E-state index in [9.17, 15) is 4.79 Å². The molecule has 1 aromatic heterocycles. The van der Waals surface area contributed by atoms with Crippen molar-refractivity contribution in [2.45, 2.75) is 19.6 Å². The van der Waals surface area contributed by atoms with Gasteiger partial charge in [-0.3, -0.25) is 4.90 Å². The van der Waals surface area contributed by atoms with Crippen LogP contribution in [0.15, 0.2) is 36.5 Å². The van der Waals surface area contributed by atoms with E-state index >= 15 is 0 Å². The van der Waals surface area contributed by atoms with E-state index in [0.29, 0.717) is 12.2 Å². The van der Waals surface area contributed by atoms with Crippen molar-refractivity contribution in [3.8, 4) is 0 Å². The van der Waals surface area contributed by atoms with Crippen molar-refractivity contribution in [2.75, 3.05) is 19.7 Å². The van der Waals surface area contributed by atoms with Crippen LogP contribution in [0, 0.1) is 6.92 Å². The van der Waals surface area contributed by atoms with E-state index in [1.165, 1.54) is 0 Å². The first-order valence-corrected chi connectivity index (χ1v) is 7.57. The molecule has 1 fully saturated rings. The normalized spacial score (nSPS) is 18.7. The van der Waals surface area contributed by atoms with Gasteiger partial charge in [0.1, 0.15) is 11.9 Å². The number of benzene rings is 1. The van der Waals surface area contributed by atoms with Gasteiger partial charge >= 0.3 is 5.97 Å². The number of aryl methyl sites for hydroxylation is 1. The molecule has 1 aliphatic rings. The summed E-state index contributed by atoms with van der Waals surface area (Å²) < 4.78 is 5.83. The van der Waals surface area contributed by atoms with Crippen LogP contribution in [0.4, 0.5) is 0 Å². The molecular formula is C17H19N3O3. The van der Waals surface area contributed by atoms with E-state index in [2.05, 4.69) is 14.9 Å². The van der Waals surface area contributed by atoms with Crippen LogP contribution in [0.1, 0.15) is 33.5 Å². The number of aromatic nitrogens is 2. The third-order valence-electron chi connectivity index (χ3n) is 3.89. The van der Waals surface area contributed by atoms with Crippen molar-refractivity contribution in [2.24, 2.45) is 0 Å². The number of carboxylic acids is 1. The molecular weight excluding hydrogens is 294 g/mol. The lowest BCUT2D eigenvalue weighted by atomic mass is 10.1. The zero-order valence-corrected chi connectivity index (χ0v) is 13.0. The van der Waals surface area contributed by atoms with Gasteiger partial charge in [0.15, 0.2) is 0 Å². The molecule has 0 spiro atoms. The molecule has 120 valence electrons. The first-order valence-electron chi connectivity index (χ1n) is 7.57. The van der Waals surface area contributed by atoms with E-state index in [1.807, 2.05) is 25.1 Å². The molecule has 1 aromatic carbocycles. The highest BCUT2D eigenvalue weighted by Crippen LogP contribution is 2.21.